The maximum absolute atomic E-state index is 13.6. The Morgan fingerprint density at radius 3 is 2.17 bits per heavy atom. The molecule has 2 aromatic carbocycles. The average molecular weight is 390 g/mol. The van der Waals surface area contributed by atoms with E-state index in [-0.39, 0.29) is 24.0 Å². The molecule has 0 bridgehead atoms. The smallest absolute Gasteiger partial charge is 0.282 e. The van der Waals surface area contributed by atoms with Crippen molar-refractivity contribution in [3.63, 3.8) is 0 Å². The standard InChI is InChI=1S/C24H26N2O3/c1-15-9-8-12-20(18(15)4)26-23(27)21(19-10-6-5-7-11-19)22(24(26)28)25-13-16(2)29-17(3)14-25/h5-12,16-17H,13-14H2,1-4H3. The number of aryl methyl sites for hydroxylation is 1. The van der Waals surface area contributed by atoms with Crippen LogP contribution in [0.25, 0.3) is 5.57 Å². The highest BCUT2D eigenvalue weighted by Crippen LogP contribution is 2.37. The zero-order chi connectivity index (χ0) is 20.7. The molecule has 1 fully saturated rings. The molecule has 0 aromatic heterocycles. The van der Waals surface area contributed by atoms with Crippen LogP contribution < -0.4 is 4.90 Å². The molecule has 150 valence electrons. The molecule has 2 heterocycles. The molecule has 0 spiro atoms. The number of imide groups is 1. The monoisotopic (exact) mass is 390 g/mol. The molecule has 2 atom stereocenters. The summed E-state index contributed by atoms with van der Waals surface area (Å²) in [5.74, 6) is -0.527. The van der Waals surface area contributed by atoms with Crippen LogP contribution in [0.1, 0.15) is 30.5 Å². The van der Waals surface area contributed by atoms with Crippen LogP contribution in [0, 0.1) is 13.8 Å². The Balaban J connectivity index is 1.86. The van der Waals surface area contributed by atoms with Crippen LogP contribution in [0.5, 0.6) is 0 Å². The first-order chi connectivity index (χ1) is 13.9. The number of morpholine rings is 1. The molecule has 1 saturated heterocycles. The van der Waals surface area contributed by atoms with Gasteiger partial charge in [0.05, 0.1) is 23.5 Å². The van der Waals surface area contributed by atoms with E-state index in [1.807, 2.05) is 81.1 Å². The summed E-state index contributed by atoms with van der Waals surface area (Å²) in [6, 6.07) is 15.2. The van der Waals surface area contributed by atoms with Crippen LogP contribution in [-0.2, 0) is 14.3 Å². The molecule has 2 aromatic rings. The molecule has 29 heavy (non-hydrogen) atoms. The number of hydrogen-bond acceptors (Lipinski definition) is 4. The molecule has 5 heteroatoms. The second-order valence-electron chi connectivity index (χ2n) is 7.92. The van der Waals surface area contributed by atoms with E-state index in [1.165, 1.54) is 4.90 Å². The van der Waals surface area contributed by atoms with Crippen LogP contribution >= 0.6 is 0 Å². The fourth-order valence-corrected chi connectivity index (χ4v) is 4.23. The predicted molar refractivity (Wildman–Crippen MR) is 113 cm³/mol. The van der Waals surface area contributed by atoms with Crippen molar-refractivity contribution in [1.82, 2.24) is 4.90 Å². The first-order valence-corrected chi connectivity index (χ1v) is 10.0. The zero-order valence-electron chi connectivity index (χ0n) is 17.3. The lowest BCUT2D eigenvalue weighted by Gasteiger charge is -2.37. The van der Waals surface area contributed by atoms with Crippen molar-refractivity contribution in [2.45, 2.75) is 39.9 Å². The van der Waals surface area contributed by atoms with Gasteiger partial charge >= 0.3 is 0 Å². The van der Waals surface area contributed by atoms with Gasteiger partial charge in [-0.2, -0.15) is 0 Å². The van der Waals surface area contributed by atoms with E-state index in [4.69, 9.17) is 4.74 Å². The number of hydrogen-bond donors (Lipinski definition) is 0. The van der Waals surface area contributed by atoms with Crippen LogP contribution in [-0.4, -0.2) is 42.0 Å². The summed E-state index contributed by atoms with van der Waals surface area (Å²) < 4.78 is 5.85. The lowest BCUT2D eigenvalue weighted by Crippen LogP contribution is -2.47. The topological polar surface area (TPSA) is 49.9 Å². The summed E-state index contributed by atoms with van der Waals surface area (Å²) in [5, 5.41) is 0. The lowest BCUT2D eigenvalue weighted by atomic mass is 10.0. The predicted octanol–water partition coefficient (Wildman–Crippen LogP) is 3.70. The second kappa shape index (κ2) is 7.48. The first kappa shape index (κ1) is 19.4. The fourth-order valence-electron chi connectivity index (χ4n) is 4.23. The normalized spacial score (nSPS) is 22.6. The average Bonchev–Trinajstić information content (AvgIpc) is 2.94. The third kappa shape index (κ3) is 3.36. The molecule has 2 aliphatic rings. The van der Waals surface area contributed by atoms with E-state index < -0.39 is 0 Å². The van der Waals surface area contributed by atoms with E-state index in [0.717, 1.165) is 16.7 Å². The van der Waals surface area contributed by atoms with Gasteiger partial charge in [-0.1, -0.05) is 42.5 Å². The third-order valence-electron chi connectivity index (χ3n) is 5.67. The van der Waals surface area contributed by atoms with Gasteiger partial charge in [0, 0.05) is 13.1 Å². The van der Waals surface area contributed by atoms with Crippen LogP contribution in [0.3, 0.4) is 0 Å². The molecule has 4 rings (SSSR count). The minimum absolute atomic E-state index is 0.0130. The number of rotatable bonds is 3. The Labute approximate surface area is 171 Å². The fraction of sp³-hybridized carbons (Fsp3) is 0.333. The van der Waals surface area contributed by atoms with Gasteiger partial charge < -0.3 is 9.64 Å². The van der Waals surface area contributed by atoms with E-state index in [9.17, 15) is 9.59 Å². The molecule has 2 aliphatic heterocycles. The summed E-state index contributed by atoms with van der Waals surface area (Å²) in [6.45, 7) is 9.08. The van der Waals surface area contributed by atoms with Crippen molar-refractivity contribution in [2.75, 3.05) is 18.0 Å². The largest absolute Gasteiger partial charge is 0.372 e. The van der Waals surface area contributed by atoms with Gasteiger partial charge in [-0.05, 0) is 50.5 Å². The maximum Gasteiger partial charge on any atom is 0.282 e. The van der Waals surface area contributed by atoms with Gasteiger partial charge in [-0.3, -0.25) is 9.59 Å². The van der Waals surface area contributed by atoms with Gasteiger partial charge in [0.15, 0.2) is 0 Å². The van der Waals surface area contributed by atoms with Crippen molar-refractivity contribution in [3.8, 4) is 0 Å². The SMILES string of the molecule is Cc1cccc(N2C(=O)C(c3ccccc3)=C(N3CC(C)OC(C)C3)C2=O)c1C. The lowest BCUT2D eigenvalue weighted by molar-refractivity contribution is -0.121. The van der Waals surface area contributed by atoms with Crippen molar-refractivity contribution in [3.05, 3.63) is 70.9 Å². The molecular weight excluding hydrogens is 364 g/mol. The summed E-state index contributed by atoms with van der Waals surface area (Å²) in [5.41, 5.74) is 4.35. The number of amides is 2. The number of anilines is 1. The van der Waals surface area contributed by atoms with Crippen LogP contribution in [0.4, 0.5) is 5.69 Å². The van der Waals surface area contributed by atoms with Gasteiger partial charge in [-0.15, -0.1) is 0 Å². The highest BCUT2D eigenvalue weighted by molar-refractivity contribution is 6.45. The Morgan fingerprint density at radius 2 is 1.52 bits per heavy atom. The molecule has 0 radical (unpaired) electrons. The molecule has 2 amide bonds. The minimum Gasteiger partial charge on any atom is -0.372 e. The van der Waals surface area contributed by atoms with Crippen LogP contribution in [0.15, 0.2) is 54.2 Å². The van der Waals surface area contributed by atoms with Crippen molar-refractivity contribution >= 4 is 23.1 Å². The summed E-state index contributed by atoms with van der Waals surface area (Å²) in [6.07, 6.45) is -0.0261. The molecule has 0 aliphatic carbocycles. The molecule has 2 unspecified atom stereocenters. The summed E-state index contributed by atoms with van der Waals surface area (Å²) in [7, 11) is 0. The number of benzene rings is 2. The Hall–Kier alpha value is -2.92. The molecular formula is C24H26N2O3. The number of carbonyl (C=O) groups is 2. The molecule has 0 N–H and O–H groups in total. The van der Waals surface area contributed by atoms with Crippen molar-refractivity contribution < 1.29 is 14.3 Å². The first-order valence-electron chi connectivity index (χ1n) is 10.0. The highest BCUT2D eigenvalue weighted by atomic mass is 16.5. The second-order valence-corrected chi connectivity index (χ2v) is 7.92. The van der Waals surface area contributed by atoms with E-state index in [2.05, 4.69) is 0 Å². The van der Waals surface area contributed by atoms with Gasteiger partial charge in [0.2, 0.25) is 0 Å². The minimum atomic E-state index is -0.267. The van der Waals surface area contributed by atoms with Gasteiger partial charge in [0.1, 0.15) is 5.70 Å². The highest BCUT2D eigenvalue weighted by Gasteiger charge is 2.44. The quantitative estimate of drug-likeness (QED) is 0.750. The maximum atomic E-state index is 13.6. The van der Waals surface area contributed by atoms with Crippen LogP contribution in [0.2, 0.25) is 0 Å². The summed E-state index contributed by atoms with van der Waals surface area (Å²) >= 11 is 0. The van der Waals surface area contributed by atoms with Gasteiger partial charge in [0.25, 0.3) is 11.8 Å². The van der Waals surface area contributed by atoms with Gasteiger partial charge in [-0.25, -0.2) is 4.90 Å². The number of carbonyl (C=O) groups excluding carboxylic acids is 2. The summed E-state index contributed by atoms with van der Waals surface area (Å²) in [4.78, 5) is 30.6. The Bertz CT molecular complexity index is 986. The van der Waals surface area contributed by atoms with Crippen molar-refractivity contribution in [2.24, 2.45) is 0 Å². The molecule has 5 nitrogen and oxygen atoms in total. The number of ether oxygens (including phenoxy) is 1. The zero-order valence-corrected chi connectivity index (χ0v) is 17.3. The Kier molecular flexibility index (Phi) is 5.01. The molecule has 0 saturated carbocycles. The van der Waals surface area contributed by atoms with E-state index in [1.54, 1.807) is 0 Å². The van der Waals surface area contributed by atoms with Crippen molar-refractivity contribution in [1.29, 1.82) is 0 Å². The van der Waals surface area contributed by atoms with E-state index >= 15 is 0 Å². The third-order valence-corrected chi connectivity index (χ3v) is 5.67. The van der Waals surface area contributed by atoms with E-state index in [0.29, 0.717) is 30.0 Å². The Morgan fingerprint density at radius 1 is 0.862 bits per heavy atom. The number of nitrogens with zero attached hydrogens (tertiary/aromatic N) is 2.